The van der Waals surface area contributed by atoms with Crippen molar-refractivity contribution in [2.75, 3.05) is 13.1 Å². The summed E-state index contributed by atoms with van der Waals surface area (Å²) in [5.74, 6) is 0.742. The van der Waals surface area contributed by atoms with Gasteiger partial charge in [0.25, 0.3) is 5.91 Å². The van der Waals surface area contributed by atoms with Crippen molar-refractivity contribution >= 4 is 11.6 Å². The molecular weight excluding hydrogens is 366 g/mol. The van der Waals surface area contributed by atoms with E-state index in [0.29, 0.717) is 25.9 Å². The molecule has 1 aliphatic heterocycles. The van der Waals surface area contributed by atoms with Crippen molar-refractivity contribution in [2.45, 2.75) is 44.3 Å². The highest BCUT2D eigenvalue weighted by atomic mass is 16.5. The average molecular weight is 391 g/mol. The summed E-state index contributed by atoms with van der Waals surface area (Å²) in [5.41, 5.74) is 3.35. The number of rotatable bonds is 4. The van der Waals surface area contributed by atoms with E-state index < -0.39 is 5.60 Å². The van der Waals surface area contributed by atoms with Crippen LogP contribution in [0.2, 0.25) is 0 Å². The molecule has 3 heterocycles. The quantitative estimate of drug-likeness (QED) is 0.742. The van der Waals surface area contributed by atoms with Gasteiger partial charge >= 0.3 is 0 Å². The van der Waals surface area contributed by atoms with Crippen LogP contribution in [0.25, 0.3) is 16.8 Å². The molecule has 2 aromatic heterocycles. The lowest BCUT2D eigenvalue weighted by Crippen LogP contribution is -2.46. The molecule has 0 atom stereocenters. The maximum Gasteiger partial charge on any atom is 0.254 e. The molecule has 2 fully saturated rings. The van der Waals surface area contributed by atoms with E-state index in [1.54, 1.807) is 4.90 Å². The molecule has 0 bridgehead atoms. The first kappa shape index (κ1) is 18.2. The van der Waals surface area contributed by atoms with Gasteiger partial charge in [-0.25, -0.2) is 4.98 Å². The highest BCUT2D eigenvalue weighted by molar-refractivity contribution is 5.87. The second-order valence-electron chi connectivity index (χ2n) is 8.15. The minimum Gasteiger partial charge on any atom is -0.490 e. The third-order valence-electron chi connectivity index (χ3n) is 6.14. The third kappa shape index (κ3) is 3.38. The van der Waals surface area contributed by atoms with Gasteiger partial charge in [0, 0.05) is 49.6 Å². The Bertz CT molecular complexity index is 1040. The number of ether oxygens (including phenoxy) is 1. The lowest BCUT2D eigenvalue weighted by Gasteiger charge is -2.33. The van der Waals surface area contributed by atoms with Crippen molar-refractivity contribution in [3.8, 4) is 16.9 Å². The molecule has 29 heavy (non-hydrogen) atoms. The summed E-state index contributed by atoms with van der Waals surface area (Å²) >= 11 is 0. The predicted octanol–water partition coefficient (Wildman–Crippen LogP) is 3.20. The van der Waals surface area contributed by atoms with Crippen LogP contribution in [0.15, 0.2) is 48.8 Å². The number of nitrogens with zero attached hydrogens (tertiary/aromatic N) is 3. The number of fused-ring (bicyclic) bond motifs is 1. The lowest BCUT2D eigenvalue weighted by molar-refractivity contribution is -0.144. The Balaban J connectivity index is 1.23. The first-order valence-corrected chi connectivity index (χ1v) is 10.2. The van der Waals surface area contributed by atoms with E-state index in [1.807, 2.05) is 30.6 Å². The summed E-state index contributed by atoms with van der Waals surface area (Å²) in [5, 5.41) is 10.0. The van der Waals surface area contributed by atoms with Crippen LogP contribution < -0.4 is 4.74 Å². The molecule has 6 heteroatoms. The summed E-state index contributed by atoms with van der Waals surface area (Å²) in [6, 6.07) is 12.3. The first-order chi connectivity index (χ1) is 14.0. The Morgan fingerprint density at radius 3 is 2.55 bits per heavy atom. The molecule has 1 saturated carbocycles. The van der Waals surface area contributed by atoms with Crippen molar-refractivity contribution in [3.05, 3.63) is 54.5 Å². The maximum absolute atomic E-state index is 12.2. The van der Waals surface area contributed by atoms with E-state index in [-0.39, 0.29) is 12.0 Å². The number of imidazole rings is 1. The zero-order chi connectivity index (χ0) is 20.0. The summed E-state index contributed by atoms with van der Waals surface area (Å²) in [6.45, 7) is 3.39. The standard InChI is InChI=1S/C23H25N3O3/c1-16-20(6-7-21-24-12-15-26(16)21)17-2-4-18(5-3-17)29-19-8-13-25(14-9-19)22(27)23(28)10-11-23/h2-7,12,15,19,28H,8-11,13-14H2,1H3. The van der Waals surface area contributed by atoms with Crippen LogP contribution in [0.1, 0.15) is 31.4 Å². The van der Waals surface area contributed by atoms with Gasteiger partial charge in [-0.05, 0) is 49.6 Å². The van der Waals surface area contributed by atoms with Crippen LogP contribution in [0.4, 0.5) is 0 Å². The average Bonchev–Trinajstić information content (AvgIpc) is 3.30. The largest absolute Gasteiger partial charge is 0.490 e. The molecular formula is C23H25N3O3. The molecule has 3 aromatic rings. The minimum atomic E-state index is -1.07. The fourth-order valence-electron chi connectivity index (χ4n) is 4.14. The number of amides is 1. The van der Waals surface area contributed by atoms with Gasteiger partial charge in [-0.1, -0.05) is 12.1 Å². The zero-order valence-corrected chi connectivity index (χ0v) is 16.5. The number of likely N-dealkylation sites (tertiary alicyclic amines) is 1. The molecule has 1 aromatic carbocycles. The van der Waals surface area contributed by atoms with Gasteiger partial charge in [0.05, 0.1) is 0 Å². The van der Waals surface area contributed by atoms with Crippen molar-refractivity contribution in [3.63, 3.8) is 0 Å². The minimum absolute atomic E-state index is 0.0998. The summed E-state index contributed by atoms with van der Waals surface area (Å²) in [4.78, 5) is 18.4. The summed E-state index contributed by atoms with van der Waals surface area (Å²) < 4.78 is 8.24. The molecule has 150 valence electrons. The Labute approximate surface area is 169 Å². The summed E-state index contributed by atoms with van der Waals surface area (Å²) in [7, 11) is 0. The second-order valence-corrected chi connectivity index (χ2v) is 8.15. The molecule has 0 spiro atoms. The van der Waals surface area contributed by atoms with Crippen molar-refractivity contribution in [1.29, 1.82) is 0 Å². The van der Waals surface area contributed by atoms with Crippen LogP contribution in [0.3, 0.4) is 0 Å². The number of hydrogen-bond donors (Lipinski definition) is 1. The normalized spacial score (nSPS) is 18.8. The van der Waals surface area contributed by atoms with Crippen molar-refractivity contribution in [2.24, 2.45) is 0 Å². The SMILES string of the molecule is Cc1c(-c2ccc(OC3CCN(C(=O)C4(O)CC4)CC3)cc2)ccc2nccn12. The molecule has 2 aliphatic rings. The number of aryl methyl sites for hydroxylation is 1. The zero-order valence-electron chi connectivity index (χ0n) is 16.5. The molecule has 0 radical (unpaired) electrons. The van der Waals surface area contributed by atoms with Crippen molar-refractivity contribution in [1.82, 2.24) is 14.3 Å². The van der Waals surface area contributed by atoms with Gasteiger partial charge in [0.15, 0.2) is 0 Å². The molecule has 5 rings (SSSR count). The molecule has 1 saturated heterocycles. The lowest BCUT2D eigenvalue weighted by atomic mass is 10.0. The van der Waals surface area contributed by atoms with Crippen LogP contribution in [-0.4, -0.2) is 50.1 Å². The second kappa shape index (κ2) is 6.88. The number of aliphatic hydroxyl groups is 1. The molecule has 0 unspecified atom stereocenters. The Hall–Kier alpha value is -2.86. The molecule has 1 aliphatic carbocycles. The highest BCUT2D eigenvalue weighted by Crippen LogP contribution is 2.37. The fraction of sp³-hybridized carbons (Fsp3) is 0.391. The van der Waals surface area contributed by atoms with Crippen LogP contribution >= 0.6 is 0 Å². The number of carbonyl (C=O) groups is 1. The Morgan fingerprint density at radius 2 is 1.86 bits per heavy atom. The number of aromatic nitrogens is 2. The fourth-order valence-corrected chi connectivity index (χ4v) is 4.14. The number of carbonyl (C=O) groups excluding carboxylic acids is 1. The van der Waals surface area contributed by atoms with Gasteiger partial charge in [0.1, 0.15) is 23.1 Å². The van der Waals surface area contributed by atoms with Gasteiger partial charge < -0.3 is 19.1 Å². The van der Waals surface area contributed by atoms with E-state index in [0.717, 1.165) is 35.5 Å². The first-order valence-electron chi connectivity index (χ1n) is 10.2. The number of pyridine rings is 1. The number of hydrogen-bond acceptors (Lipinski definition) is 4. The number of piperidine rings is 1. The molecule has 1 amide bonds. The Kier molecular flexibility index (Phi) is 4.32. The smallest absolute Gasteiger partial charge is 0.254 e. The highest BCUT2D eigenvalue weighted by Gasteiger charge is 2.50. The van der Waals surface area contributed by atoms with E-state index in [4.69, 9.17) is 4.74 Å². The van der Waals surface area contributed by atoms with Crippen molar-refractivity contribution < 1.29 is 14.6 Å². The topological polar surface area (TPSA) is 67.1 Å². The van der Waals surface area contributed by atoms with Crippen LogP contribution in [-0.2, 0) is 4.79 Å². The van der Waals surface area contributed by atoms with E-state index in [2.05, 4.69) is 34.5 Å². The number of benzene rings is 1. The van der Waals surface area contributed by atoms with E-state index in [9.17, 15) is 9.90 Å². The van der Waals surface area contributed by atoms with Gasteiger partial charge in [-0.15, -0.1) is 0 Å². The maximum atomic E-state index is 12.2. The van der Waals surface area contributed by atoms with Crippen LogP contribution in [0.5, 0.6) is 5.75 Å². The summed E-state index contributed by atoms with van der Waals surface area (Å²) in [6.07, 6.45) is 6.67. The third-order valence-corrected chi connectivity index (χ3v) is 6.14. The van der Waals surface area contributed by atoms with Gasteiger partial charge in [-0.2, -0.15) is 0 Å². The van der Waals surface area contributed by atoms with Crippen LogP contribution in [0, 0.1) is 6.92 Å². The van der Waals surface area contributed by atoms with Gasteiger partial charge in [-0.3, -0.25) is 4.79 Å². The predicted molar refractivity (Wildman–Crippen MR) is 110 cm³/mol. The van der Waals surface area contributed by atoms with E-state index >= 15 is 0 Å². The van der Waals surface area contributed by atoms with E-state index in [1.165, 1.54) is 5.56 Å². The Morgan fingerprint density at radius 1 is 1.14 bits per heavy atom. The molecule has 1 N–H and O–H groups in total. The van der Waals surface area contributed by atoms with Gasteiger partial charge in [0.2, 0.25) is 0 Å². The monoisotopic (exact) mass is 391 g/mol. The molecule has 6 nitrogen and oxygen atoms in total.